The number of hydrogen-bond acceptors (Lipinski definition) is 4. The van der Waals surface area contributed by atoms with Crippen molar-refractivity contribution in [3.8, 4) is 6.01 Å². The van der Waals surface area contributed by atoms with Crippen LogP contribution in [0.25, 0.3) is 11.0 Å². The number of imidazole rings is 1. The van der Waals surface area contributed by atoms with Gasteiger partial charge in [-0.2, -0.15) is 4.98 Å². The molecule has 0 amide bonds. The zero-order valence-corrected chi connectivity index (χ0v) is 18.8. The molecule has 1 aromatic heterocycles. The van der Waals surface area contributed by atoms with Crippen LogP contribution in [0.5, 0.6) is 6.01 Å². The van der Waals surface area contributed by atoms with Crippen molar-refractivity contribution in [3.63, 3.8) is 0 Å². The highest BCUT2D eigenvalue weighted by molar-refractivity contribution is 7.89. The molecule has 0 saturated carbocycles. The van der Waals surface area contributed by atoms with Crippen molar-refractivity contribution in [2.75, 3.05) is 6.61 Å². The Morgan fingerprint density at radius 1 is 1.06 bits per heavy atom. The standard InChI is InChI=1S/C23H21ClFN3O3S/c1-2-31-23-27-21-13-20(32(29,30)26-14-16-6-8-19(25)9-7-16)10-11-22(21)28(23)15-17-4-3-5-18(24)12-17/h3-13,26H,2,14-15H2,1H3. The molecule has 4 aromatic rings. The molecule has 32 heavy (non-hydrogen) atoms. The Bertz CT molecular complexity index is 1350. The van der Waals surface area contributed by atoms with E-state index in [1.54, 1.807) is 12.1 Å². The first-order valence-electron chi connectivity index (χ1n) is 9.97. The second-order valence-electron chi connectivity index (χ2n) is 7.14. The summed E-state index contributed by atoms with van der Waals surface area (Å²) in [5.74, 6) is -0.375. The molecule has 9 heteroatoms. The molecule has 6 nitrogen and oxygen atoms in total. The Morgan fingerprint density at radius 3 is 2.56 bits per heavy atom. The third kappa shape index (κ3) is 4.93. The molecule has 0 unspecified atom stereocenters. The SMILES string of the molecule is CCOc1nc2cc(S(=O)(=O)NCc3ccc(F)cc3)ccc2n1Cc1cccc(Cl)c1. The molecular formula is C23H21ClFN3O3S. The van der Waals surface area contributed by atoms with Gasteiger partial charge in [-0.05, 0) is 60.5 Å². The highest BCUT2D eigenvalue weighted by atomic mass is 35.5. The summed E-state index contributed by atoms with van der Waals surface area (Å²) in [6.45, 7) is 2.80. The maximum Gasteiger partial charge on any atom is 0.297 e. The number of sulfonamides is 1. The minimum absolute atomic E-state index is 0.0497. The quantitative estimate of drug-likeness (QED) is 0.400. The molecule has 0 aliphatic carbocycles. The summed E-state index contributed by atoms with van der Waals surface area (Å²) in [6, 6.07) is 18.3. The van der Waals surface area contributed by atoms with Crippen molar-refractivity contribution in [1.29, 1.82) is 0 Å². The van der Waals surface area contributed by atoms with E-state index in [1.165, 1.54) is 36.4 Å². The van der Waals surface area contributed by atoms with E-state index in [9.17, 15) is 12.8 Å². The number of nitrogens with zero attached hydrogens (tertiary/aromatic N) is 2. The smallest absolute Gasteiger partial charge is 0.297 e. The number of hydrogen-bond donors (Lipinski definition) is 1. The van der Waals surface area contributed by atoms with Gasteiger partial charge < -0.3 is 4.74 Å². The summed E-state index contributed by atoms with van der Waals surface area (Å²) < 4.78 is 48.8. The van der Waals surface area contributed by atoms with E-state index in [-0.39, 0.29) is 17.3 Å². The van der Waals surface area contributed by atoms with E-state index < -0.39 is 10.0 Å². The number of benzene rings is 3. The summed E-state index contributed by atoms with van der Waals surface area (Å²) in [6.07, 6.45) is 0. The van der Waals surface area contributed by atoms with E-state index in [4.69, 9.17) is 16.3 Å². The Labute approximate surface area is 190 Å². The molecule has 0 aliphatic heterocycles. The van der Waals surface area contributed by atoms with Gasteiger partial charge in [0.1, 0.15) is 5.82 Å². The largest absolute Gasteiger partial charge is 0.465 e. The second kappa shape index (κ2) is 9.28. The number of aromatic nitrogens is 2. The third-order valence-corrected chi connectivity index (χ3v) is 6.51. The number of nitrogens with one attached hydrogen (secondary N) is 1. The van der Waals surface area contributed by atoms with Crippen LogP contribution in [-0.2, 0) is 23.1 Å². The maximum atomic E-state index is 13.1. The molecule has 0 bridgehead atoms. The van der Waals surface area contributed by atoms with E-state index in [1.807, 2.05) is 29.7 Å². The van der Waals surface area contributed by atoms with E-state index >= 15 is 0 Å². The van der Waals surface area contributed by atoms with Gasteiger partial charge in [0.2, 0.25) is 10.0 Å². The third-order valence-electron chi connectivity index (χ3n) is 4.88. The Hall–Kier alpha value is -2.94. The van der Waals surface area contributed by atoms with E-state index in [0.717, 1.165) is 11.1 Å². The Balaban J connectivity index is 1.63. The molecule has 0 spiro atoms. The zero-order chi connectivity index (χ0) is 22.7. The van der Waals surface area contributed by atoms with Crippen LogP contribution in [0.4, 0.5) is 4.39 Å². The van der Waals surface area contributed by atoms with Crippen LogP contribution < -0.4 is 9.46 Å². The average Bonchev–Trinajstić information content (AvgIpc) is 3.10. The Morgan fingerprint density at radius 2 is 1.84 bits per heavy atom. The molecule has 0 aliphatic rings. The van der Waals surface area contributed by atoms with Gasteiger partial charge in [-0.1, -0.05) is 35.9 Å². The summed E-state index contributed by atoms with van der Waals surface area (Å²) in [5, 5.41) is 0.630. The first kappa shape index (κ1) is 22.3. The molecule has 0 saturated heterocycles. The van der Waals surface area contributed by atoms with Gasteiger partial charge in [0.05, 0.1) is 29.1 Å². The molecular weight excluding hydrogens is 453 g/mol. The highest BCUT2D eigenvalue weighted by Crippen LogP contribution is 2.26. The lowest BCUT2D eigenvalue weighted by Crippen LogP contribution is -2.23. The fraction of sp³-hybridized carbons (Fsp3) is 0.174. The first-order chi connectivity index (χ1) is 15.4. The molecule has 0 atom stereocenters. The molecule has 1 N–H and O–H groups in total. The van der Waals surface area contributed by atoms with E-state index in [2.05, 4.69) is 9.71 Å². The fourth-order valence-corrected chi connectivity index (χ4v) is 4.58. The van der Waals surface area contributed by atoms with Crippen molar-refractivity contribution in [3.05, 3.63) is 88.7 Å². The van der Waals surface area contributed by atoms with E-state index in [0.29, 0.717) is 35.3 Å². The topological polar surface area (TPSA) is 73.2 Å². The van der Waals surface area contributed by atoms with Crippen LogP contribution in [0, 0.1) is 5.82 Å². The molecule has 0 fully saturated rings. The molecule has 1 heterocycles. The fourth-order valence-electron chi connectivity index (χ4n) is 3.33. The minimum Gasteiger partial charge on any atom is -0.465 e. The summed E-state index contributed by atoms with van der Waals surface area (Å²) in [7, 11) is -3.79. The number of rotatable bonds is 8. The summed E-state index contributed by atoms with van der Waals surface area (Å²) in [4.78, 5) is 4.58. The van der Waals surface area contributed by atoms with Gasteiger partial charge in [-0.15, -0.1) is 0 Å². The van der Waals surface area contributed by atoms with Crippen LogP contribution in [0.3, 0.4) is 0 Å². The monoisotopic (exact) mass is 473 g/mol. The van der Waals surface area contributed by atoms with Crippen molar-refractivity contribution in [1.82, 2.24) is 14.3 Å². The summed E-state index contributed by atoms with van der Waals surface area (Å²) >= 11 is 6.11. The molecule has 4 rings (SSSR count). The zero-order valence-electron chi connectivity index (χ0n) is 17.3. The van der Waals surface area contributed by atoms with Crippen LogP contribution >= 0.6 is 11.6 Å². The maximum absolute atomic E-state index is 13.1. The molecule has 3 aromatic carbocycles. The van der Waals surface area contributed by atoms with Gasteiger partial charge in [0, 0.05) is 11.6 Å². The lowest BCUT2D eigenvalue weighted by Gasteiger charge is -2.10. The first-order valence-corrected chi connectivity index (χ1v) is 11.8. The van der Waals surface area contributed by atoms with Gasteiger partial charge >= 0.3 is 0 Å². The molecule has 166 valence electrons. The van der Waals surface area contributed by atoms with Gasteiger partial charge in [-0.3, -0.25) is 4.57 Å². The number of fused-ring (bicyclic) bond motifs is 1. The average molecular weight is 474 g/mol. The molecule has 0 radical (unpaired) electrons. The van der Waals surface area contributed by atoms with Crippen molar-refractivity contribution in [2.24, 2.45) is 0 Å². The van der Waals surface area contributed by atoms with Crippen molar-refractivity contribution >= 4 is 32.7 Å². The normalized spacial score (nSPS) is 11.7. The predicted molar refractivity (Wildman–Crippen MR) is 122 cm³/mol. The lowest BCUT2D eigenvalue weighted by atomic mass is 10.2. The summed E-state index contributed by atoms with van der Waals surface area (Å²) in [5.41, 5.74) is 2.86. The minimum atomic E-state index is -3.79. The highest BCUT2D eigenvalue weighted by Gasteiger charge is 2.18. The van der Waals surface area contributed by atoms with Crippen molar-refractivity contribution in [2.45, 2.75) is 24.9 Å². The number of ether oxygens (including phenoxy) is 1. The predicted octanol–water partition coefficient (Wildman–Crippen LogP) is 4.75. The van der Waals surface area contributed by atoms with Gasteiger partial charge in [0.25, 0.3) is 6.01 Å². The second-order valence-corrected chi connectivity index (χ2v) is 9.35. The van der Waals surface area contributed by atoms with Crippen LogP contribution in [-0.4, -0.2) is 24.6 Å². The lowest BCUT2D eigenvalue weighted by molar-refractivity contribution is 0.301. The van der Waals surface area contributed by atoms with Crippen LogP contribution in [0.15, 0.2) is 71.6 Å². The number of halogens is 2. The van der Waals surface area contributed by atoms with Gasteiger partial charge in [-0.25, -0.2) is 17.5 Å². The van der Waals surface area contributed by atoms with Crippen LogP contribution in [0.1, 0.15) is 18.1 Å². The van der Waals surface area contributed by atoms with Crippen LogP contribution in [0.2, 0.25) is 5.02 Å². The van der Waals surface area contributed by atoms with Crippen molar-refractivity contribution < 1.29 is 17.5 Å². The Kier molecular flexibility index (Phi) is 6.45. The van der Waals surface area contributed by atoms with Gasteiger partial charge in [0.15, 0.2) is 0 Å².